The molecule has 2 rings (SSSR count). The molecule has 0 atom stereocenters. The molecule has 4 nitrogen and oxygen atoms in total. The molecule has 1 aliphatic rings. The van der Waals surface area contributed by atoms with Gasteiger partial charge in [0.2, 0.25) is 0 Å². The maximum atomic E-state index is 9.45. The van der Waals surface area contributed by atoms with Crippen molar-refractivity contribution in [2.75, 3.05) is 26.4 Å². The van der Waals surface area contributed by atoms with Crippen LogP contribution in [0.4, 0.5) is 0 Å². The van der Waals surface area contributed by atoms with E-state index in [0.717, 1.165) is 31.4 Å². The fourth-order valence-electron chi connectivity index (χ4n) is 2.72. The van der Waals surface area contributed by atoms with Crippen molar-refractivity contribution in [3.8, 4) is 6.07 Å². The Hall–Kier alpha value is -1.41. The molecule has 0 heterocycles. The molecule has 0 aliphatic heterocycles. The summed E-state index contributed by atoms with van der Waals surface area (Å²) in [5, 5.41) is 21.5. The monoisotopic (exact) mass is 274 g/mol. The number of ether oxygens (including phenoxy) is 1. The molecule has 0 saturated heterocycles. The van der Waals surface area contributed by atoms with Crippen LogP contribution >= 0.6 is 0 Å². The van der Waals surface area contributed by atoms with Gasteiger partial charge in [0.1, 0.15) is 0 Å². The average molecular weight is 274 g/mol. The molecule has 1 aromatic carbocycles. The molecular formula is C16H22N2O2. The molecule has 2 N–H and O–H groups in total. The van der Waals surface area contributed by atoms with Gasteiger partial charge in [0.05, 0.1) is 24.7 Å². The quantitative estimate of drug-likeness (QED) is 0.707. The zero-order valence-electron chi connectivity index (χ0n) is 11.7. The Kier molecular flexibility index (Phi) is 5.54. The highest BCUT2D eigenvalue weighted by atomic mass is 16.5. The molecule has 0 spiro atoms. The third-order valence-corrected chi connectivity index (χ3v) is 3.86. The first-order valence-corrected chi connectivity index (χ1v) is 7.19. The van der Waals surface area contributed by atoms with Gasteiger partial charge in [-0.1, -0.05) is 30.3 Å². The van der Waals surface area contributed by atoms with E-state index in [-0.39, 0.29) is 12.0 Å². The van der Waals surface area contributed by atoms with Gasteiger partial charge in [-0.15, -0.1) is 0 Å². The lowest BCUT2D eigenvalue weighted by molar-refractivity contribution is 0.0892. The van der Waals surface area contributed by atoms with Gasteiger partial charge >= 0.3 is 0 Å². The van der Waals surface area contributed by atoms with Crippen LogP contribution in [0.3, 0.4) is 0 Å². The Bertz CT molecular complexity index is 436. The first-order valence-electron chi connectivity index (χ1n) is 7.19. The van der Waals surface area contributed by atoms with Crippen LogP contribution in [0.25, 0.3) is 0 Å². The van der Waals surface area contributed by atoms with Crippen LogP contribution in [0.15, 0.2) is 30.3 Å². The highest BCUT2D eigenvalue weighted by Crippen LogP contribution is 2.43. The zero-order valence-corrected chi connectivity index (χ0v) is 11.7. The summed E-state index contributed by atoms with van der Waals surface area (Å²) in [5.41, 5.74) is 0.832. The fraction of sp³-hybridized carbons (Fsp3) is 0.562. The molecule has 1 aliphatic carbocycles. The molecule has 1 aromatic rings. The van der Waals surface area contributed by atoms with Gasteiger partial charge in [-0.25, -0.2) is 0 Å². The van der Waals surface area contributed by atoms with Gasteiger partial charge < -0.3 is 15.2 Å². The normalized spacial score (nSPS) is 24.9. The lowest BCUT2D eigenvalue weighted by Gasteiger charge is -2.43. The smallest absolute Gasteiger partial charge is 0.0852 e. The van der Waals surface area contributed by atoms with Crippen molar-refractivity contribution in [1.29, 1.82) is 5.26 Å². The third kappa shape index (κ3) is 3.57. The van der Waals surface area contributed by atoms with Crippen molar-refractivity contribution in [3.05, 3.63) is 35.9 Å². The summed E-state index contributed by atoms with van der Waals surface area (Å²) in [6, 6.07) is 13.0. The summed E-state index contributed by atoms with van der Waals surface area (Å²) < 4.78 is 5.21. The first kappa shape index (κ1) is 15.0. The second-order valence-electron chi connectivity index (χ2n) is 5.31. The number of nitriles is 1. The summed E-state index contributed by atoms with van der Waals surface area (Å²) >= 11 is 0. The minimum atomic E-state index is -0.299. The van der Waals surface area contributed by atoms with Gasteiger partial charge in [0.25, 0.3) is 0 Å². The number of hydrogen-bond acceptors (Lipinski definition) is 4. The van der Waals surface area contributed by atoms with E-state index in [1.165, 1.54) is 0 Å². The van der Waals surface area contributed by atoms with Gasteiger partial charge in [-0.2, -0.15) is 5.26 Å². The highest BCUT2D eigenvalue weighted by Gasteiger charge is 2.45. The third-order valence-electron chi connectivity index (χ3n) is 3.86. The molecule has 1 saturated carbocycles. The minimum absolute atomic E-state index is 0.0812. The number of nitrogens with one attached hydrogen (secondary N) is 1. The van der Waals surface area contributed by atoms with E-state index in [4.69, 9.17) is 9.84 Å². The van der Waals surface area contributed by atoms with Crippen LogP contribution in [-0.2, 0) is 10.2 Å². The molecule has 0 amide bonds. The molecule has 0 bridgehead atoms. The van der Waals surface area contributed by atoms with Crippen LogP contribution in [0.2, 0.25) is 0 Å². The van der Waals surface area contributed by atoms with E-state index in [2.05, 4.69) is 11.4 Å². The number of benzene rings is 1. The fourth-order valence-corrected chi connectivity index (χ4v) is 2.72. The summed E-state index contributed by atoms with van der Waals surface area (Å²) in [5.74, 6) is 0. The van der Waals surface area contributed by atoms with E-state index in [1.54, 1.807) is 0 Å². The van der Waals surface area contributed by atoms with Crippen molar-refractivity contribution < 1.29 is 9.84 Å². The molecule has 0 aromatic heterocycles. The molecule has 0 unspecified atom stereocenters. The average Bonchev–Trinajstić information content (AvgIpc) is 2.46. The number of nitrogens with zero attached hydrogens (tertiary/aromatic N) is 1. The molecular weight excluding hydrogens is 252 g/mol. The summed E-state index contributed by atoms with van der Waals surface area (Å²) in [6.45, 7) is 2.06. The molecule has 0 radical (unpaired) electrons. The van der Waals surface area contributed by atoms with Gasteiger partial charge in [-0.05, 0) is 31.4 Å². The Morgan fingerprint density at radius 3 is 2.70 bits per heavy atom. The van der Waals surface area contributed by atoms with E-state index >= 15 is 0 Å². The van der Waals surface area contributed by atoms with Crippen molar-refractivity contribution in [2.45, 2.75) is 30.7 Å². The minimum Gasteiger partial charge on any atom is -0.394 e. The van der Waals surface area contributed by atoms with Crippen LogP contribution < -0.4 is 5.32 Å². The molecule has 108 valence electrons. The molecule has 1 fully saturated rings. The second kappa shape index (κ2) is 7.39. The van der Waals surface area contributed by atoms with Crippen molar-refractivity contribution in [3.63, 3.8) is 0 Å². The van der Waals surface area contributed by atoms with Crippen molar-refractivity contribution in [2.24, 2.45) is 0 Å². The van der Waals surface area contributed by atoms with Gasteiger partial charge in [-0.3, -0.25) is 0 Å². The summed E-state index contributed by atoms with van der Waals surface area (Å²) in [4.78, 5) is 0. The maximum Gasteiger partial charge on any atom is 0.0852 e. The number of aliphatic hydroxyl groups is 1. The standard InChI is InChI=1S/C16H22N2O2/c17-13-16(14-5-2-1-3-6-14)11-15(12-16)18-7-4-9-20-10-8-19/h1-3,5-6,15,18-19H,4,7-12H2. The van der Waals surface area contributed by atoms with Crippen LogP contribution in [0.1, 0.15) is 24.8 Å². The van der Waals surface area contributed by atoms with Gasteiger partial charge in [0.15, 0.2) is 0 Å². The number of hydrogen-bond donors (Lipinski definition) is 2. The lowest BCUT2D eigenvalue weighted by Crippen LogP contribution is -2.51. The Labute approximate surface area is 120 Å². The Morgan fingerprint density at radius 2 is 2.05 bits per heavy atom. The molecule has 20 heavy (non-hydrogen) atoms. The molecule has 4 heteroatoms. The summed E-state index contributed by atoms with van der Waals surface area (Å²) in [6.07, 6.45) is 2.69. The Morgan fingerprint density at radius 1 is 1.30 bits per heavy atom. The first-order chi connectivity index (χ1) is 9.80. The number of rotatable bonds is 8. The topological polar surface area (TPSA) is 65.3 Å². The van der Waals surface area contributed by atoms with Crippen LogP contribution in [0.5, 0.6) is 0 Å². The number of aliphatic hydroxyl groups excluding tert-OH is 1. The highest BCUT2D eigenvalue weighted by molar-refractivity contribution is 5.36. The SMILES string of the molecule is N#CC1(c2ccccc2)CC(NCCCOCCO)C1. The second-order valence-corrected chi connectivity index (χ2v) is 5.31. The van der Waals surface area contributed by atoms with Crippen LogP contribution in [0, 0.1) is 11.3 Å². The predicted octanol–water partition coefficient (Wildman–Crippen LogP) is 1.60. The largest absolute Gasteiger partial charge is 0.394 e. The Balaban J connectivity index is 1.69. The lowest BCUT2D eigenvalue weighted by atomic mass is 9.62. The van der Waals surface area contributed by atoms with E-state index in [1.807, 2.05) is 30.3 Å². The van der Waals surface area contributed by atoms with E-state index < -0.39 is 0 Å². The van der Waals surface area contributed by atoms with Gasteiger partial charge in [0, 0.05) is 12.6 Å². The van der Waals surface area contributed by atoms with E-state index in [9.17, 15) is 5.26 Å². The van der Waals surface area contributed by atoms with Crippen LogP contribution in [-0.4, -0.2) is 37.5 Å². The predicted molar refractivity (Wildman–Crippen MR) is 77.3 cm³/mol. The zero-order chi connectivity index (χ0) is 14.3. The summed E-state index contributed by atoms with van der Waals surface area (Å²) in [7, 11) is 0. The van der Waals surface area contributed by atoms with Crippen molar-refractivity contribution >= 4 is 0 Å². The van der Waals surface area contributed by atoms with E-state index in [0.29, 0.717) is 19.3 Å². The maximum absolute atomic E-state index is 9.45. The van der Waals surface area contributed by atoms with Crippen molar-refractivity contribution in [1.82, 2.24) is 5.32 Å².